The number of aromatic amines is 1. The largest absolute Gasteiger partial charge is 0.478 e. The van der Waals surface area contributed by atoms with Crippen LogP contribution in [0.5, 0.6) is 0 Å². The Kier molecular flexibility index (Phi) is 9.02. The van der Waals surface area contributed by atoms with E-state index in [1.54, 1.807) is 12.1 Å². The predicted molar refractivity (Wildman–Crippen MR) is 123 cm³/mol. The molecule has 0 spiro atoms. The van der Waals surface area contributed by atoms with Crippen molar-refractivity contribution in [3.8, 4) is 0 Å². The molecule has 3 heterocycles. The van der Waals surface area contributed by atoms with Crippen LogP contribution in [-0.4, -0.2) is 58.5 Å². The molecule has 4 rings (SSSR count). The molecule has 0 bridgehead atoms. The number of aryl methyl sites for hydroxylation is 1. The molecule has 5 nitrogen and oxygen atoms in total. The Morgan fingerprint density at radius 1 is 1.14 bits per heavy atom. The van der Waals surface area contributed by atoms with E-state index in [-0.39, 0.29) is 0 Å². The molecule has 1 aromatic heterocycles. The fraction of sp³-hybridized carbons (Fsp3) is 0.609. The monoisotopic (exact) mass is 463 g/mol. The molecule has 2 aromatic rings. The van der Waals surface area contributed by atoms with Gasteiger partial charge in [0.2, 0.25) is 0 Å². The number of nitrogens with one attached hydrogen (secondary N) is 2. The first-order valence-corrected chi connectivity index (χ1v) is 12.1. The van der Waals surface area contributed by atoms with Crippen LogP contribution in [0.25, 0.3) is 10.9 Å². The molecular weight excluding hydrogens is 430 g/mol. The lowest BCUT2D eigenvalue weighted by molar-refractivity contribution is 0.0697. The van der Waals surface area contributed by atoms with E-state index in [1.807, 2.05) is 12.3 Å². The van der Waals surface area contributed by atoms with E-state index in [0.717, 1.165) is 41.5 Å². The summed E-state index contributed by atoms with van der Waals surface area (Å²) in [7, 11) is 0. The Balaban J connectivity index is 0.000000176. The van der Waals surface area contributed by atoms with Gasteiger partial charge in [0.15, 0.2) is 0 Å². The fourth-order valence-corrected chi connectivity index (χ4v) is 4.78. The van der Waals surface area contributed by atoms with Crippen LogP contribution in [0, 0.1) is 0 Å². The number of unbranched alkanes of at least 4 members (excludes halogenated alkanes) is 1. The van der Waals surface area contributed by atoms with Gasteiger partial charge in [0.1, 0.15) is 0 Å². The second-order valence-corrected chi connectivity index (χ2v) is 8.90. The van der Waals surface area contributed by atoms with Crippen LogP contribution >= 0.6 is 15.9 Å². The number of benzene rings is 1. The van der Waals surface area contributed by atoms with E-state index >= 15 is 0 Å². The lowest BCUT2D eigenvalue weighted by Gasteiger charge is -2.36. The maximum absolute atomic E-state index is 10.9. The van der Waals surface area contributed by atoms with Gasteiger partial charge in [-0.05, 0) is 94.9 Å². The number of piperidine rings is 2. The van der Waals surface area contributed by atoms with E-state index < -0.39 is 5.97 Å². The summed E-state index contributed by atoms with van der Waals surface area (Å²) in [6.07, 6.45) is 12.3. The van der Waals surface area contributed by atoms with Crippen molar-refractivity contribution in [2.75, 3.05) is 31.5 Å². The molecule has 2 fully saturated rings. The highest BCUT2D eigenvalue weighted by atomic mass is 79.9. The van der Waals surface area contributed by atoms with Gasteiger partial charge in [-0.1, -0.05) is 22.4 Å². The van der Waals surface area contributed by atoms with Crippen molar-refractivity contribution in [2.24, 2.45) is 0 Å². The molecule has 2 saturated heterocycles. The summed E-state index contributed by atoms with van der Waals surface area (Å²) in [5.74, 6) is -0.875. The highest BCUT2D eigenvalue weighted by Gasteiger charge is 2.21. The second kappa shape index (κ2) is 11.7. The van der Waals surface area contributed by atoms with E-state index in [4.69, 9.17) is 5.11 Å². The summed E-state index contributed by atoms with van der Waals surface area (Å²) in [6, 6.07) is 6.11. The molecule has 1 aromatic carbocycles. The molecular formula is C23H34BrN3O2. The lowest BCUT2D eigenvalue weighted by atomic mass is 10.0. The number of nitrogens with zero attached hydrogens (tertiary/aromatic N) is 1. The van der Waals surface area contributed by atoms with Crippen molar-refractivity contribution < 1.29 is 9.90 Å². The van der Waals surface area contributed by atoms with Crippen molar-refractivity contribution in [3.05, 3.63) is 35.5 Å². The van der Waals surface area contributed by atoms with Crippen molar-refractivity contribution in [1.82, 2.24) is 15.2 Å². The van der Waals surface area contributed by atoms with Crippen LogP contribution < -0.4 is 5.32 Å². The number of aromatic nitrogens is 1. The van der Waals surface area contributed by atoms with Gasteiger partial charge in [-0.25, -0.2) is 4.79 Å². The van der Waals surface area contributed by atoms with Crippen LogP contribution in [-0.2, 0) is 6.42 Å². The fourth-order valence-electron chi connectivity index (χ4n) is 4.38. The standard InChI is InChI=1S/C13H14BrNO2.C10H20N2/c14-6-2-1-3-10-8-15-12-5-4-9(13(16)17)7-11(10)12;1-2-8-12(9-3-1)10-4-6-11-7-5-10/h4-5,7-8,15H,1-3,6H2,(H,16,17);10-11H,1-9H2. The number of hydrogen-bond acceptors (Lipinski definition) is 3. The van der Waals surface area contributed by atoms with Gasteiger partial charge in [0.05, 0.1) is 5.56 Å². The molecule has 6 heteroatoms. The maximum atomic E-state index is 10.9. The number of halogens is 1. The highest BCUT2D eigenvalue weighted by Crippen LogP contribution is 2.22. The van der Waals surface area contributed by atoms with Gasteiger partial charge in [-0.2, -0.15) is 0 Å². The Labute approximate surface area is 182 Å². The summed E-state index contributed by atoms with van der Waals surface area (Å²) in [6.45, 7) is 5.21. The lowest BCUT2D eigenvalue weighted by Crippen LogP contribution is -2.45. The number of H-pyrrole nitrogens is 1. The zero-order valence-electron chi connectivity index (χ0n) is 17.3. The van der Waals surface area contributed by atoms with E-state index in [2.05, 4.69) is 31.1 Å². The number of rotatable bonds is 6. The molecule has 29 heavy (non-hydrogen) atoms. The van der Waals surface area contributed by atoms with E-state index in [9.17, 15) is 4.79 Å². The first-order valence-electron chi connectivity index (χ1n) is 11.0. The van der Waals surface area contributed by atoms with Gasteiger partial charge < -0.3 is 20.3 Å². The molecule has 3 N–H and O–H groups in total. The first kappa shape index (κ1) is 22.3. The van der Waals surface area contributed by atoms with E-state index in [1.165, 1.54) is 63.8 Å². The molecule has 0 saturated carbocycles. The number of carboxylic acids is 1. The third kappa shape index (κ3) is 6.56. The number of aromatic carboxylic acids is 1. The van der Waals surface area contributed by atoms with Gasteiger partial charge in [0, 0.05) is 28.5 Å². The average molecular weight is 464 g/mol. The summed E-state index contributed by atoms with van der Waals surface area (Å²) in [5.41, 5.74) is 2.55. The van der Waals surface area contributed by atoms with Crippen LogP contribution in [0.4, 0.5) is 0 Å². The maximum Gasteiger partial charge on any atom is 0.335 e. The second-order valence-electron chi connectivity index (χ2n) is 8.10. The van der Waals surface area contributed by atoms with E-state index in [0.29, 0.717) is 5.56 Å². The van der Waals surface area contributed by atoms with Crippen LogP contribution in [0.1, 0.15) is 60.9 Å². The van der Waals surface area contributed by atoms with Crippen molar-refractivity contribution >= 4 is 32.8 Å². The number of carbonyl (C=O) groups is 1. The van der Waals surface area contributed by atoms with Gasteiger partial charge in [-0.15, -0.1) is 0 Å². The molecule has 0 unspecified atom stereocenters. The summed E-state index contributed by atoms with van der Waals surface area (Å²) in [4.78, 5) is 16.8. The number of likely N-dealkylation sites (tertiary alicyclic amines) is 1. The summed E-state index contributed by atoms with van der Waals surface area (Å²) < 4.78 is 0. The minimum atomic E-state index is -0.875. The van der Waals surface area contributed by atoms with Crippen LogP contribution in [0.2, 0.25) is 0 Å². The average Bonchev–Trinajstić information content (AvgIpc) is 3.18. The molecule has 0 aliphatic carbocycles. The van der Waals surface area contributed by atoms with Crippen LogP contribution in [0.3, 0.4) is 0 Å². The zero-order valence-corrected chi connectivity index (χ0v) is 18.8. The smallest absolute Gasteiger partial charge is 0.335 e. The molecule has 160 valence electrons. The minimum Gasteiger partial charge on any atom is -0.478 e. The van der Waals surface area contributed by atoms with Gasteiger partial charge >= 0.3 is 5.97 Å². The van der Waals surface area contributed by atoms with Gasteiger partial charge in [0.25, 0.3) is 0 Å². The zero-order chi connectivity index (χ0) is 20.5. The quantitative estimate of drug-likeness (QED) is 0.424. The first-order chi connectivity index (χ1) is 14.2. The number of carboxylic acid groups (broad SMARTS) is 1. The number of hydrogen-bond donors (Lipinski definition) is 3. The Morgan fingerprint density at radius 2 is 1.90 bits per heavy atom. The topological polar surface area (TPSA) is 68.4 Å². The Bertz CT molecular complexity index is 749. The minimum absolute atomic E-state index is 0.346. The normalized spacial score (nSPS) is 18.4. The van der Waals surface area contributed by atoms with Crippen molar-refractivity contribution in [3.63, 3.8) is 0 Å². The third-order valence-electron chi connectivity index (χ3n) is 6.06. The Morgan fingerprint density at radius 3 is 2.59 bits per heavy atom. The highest BCUT2D eigenvalue weighted by molar-refractivity contribution is 9.09. The SMILES string of the molecule is C1CCN(C2CCNCC2)CC1.O=C(O)c1ccc2[nH]cc(CCCCBr)c2c1. The number of fused-ring (bicyclic) bond motifs is 1. The molecule has 0 atom stereocenters. The van der Waals surface area contributed by atoms with Gasteiger partial charge in [-0.3, -0.25) is 0 Å². The number of alkyl halides is 1. The van der Waals surface area contributed by atoms with Crippen LogP contribution in [0.15, 0.2) is 24.4 Å². The predicted octanol–water partition coefficient (Wildman–Crippen LogP) is 4.81. The molecule has 2 aliphatic rings. The molecule has 0 radical (unpaired) electrons. The summed E-state index contributed by atoms with van der Waals surface area (Å²) in [5, 5.41) is 14.4. The van der Waals surface area contributed by atoms with Crippen molar-refractivity contribution in [1.29, 1.82) is 0 Å². The third-order valence-corrected chi connectivity index (χ3v) is 6.62. The Hall–Kier alpha value is -1.37. The molecule has 2 aliphatic heterocycles. The summed E-state index contributed by atoms with van der Waals surface area (Å²) >= 11 is 3.41. The van der Waals surface area contributed by atoms with Crippen molar-refractivity contribution in [2.45, 2.75) is 57.4 Å². The molecule has 0 amide bonds.